The quantitative estimate of drug-likeness (QED) is 0.760. The molecule has 0 fully saturated rings. The van der Waals surface area contributed by atoms with Crippen LogP contribution >= 0.6 is 11.9 Å². The summed E-state index contributed by atoms with van der Waals surface area (Å²) in [5.74, 6) is 0.592. The second-order valence-electron chi connectivity index (χ2n) is 3.53. The van der Waals surface area contributed by atoms with E-state index in [0.717, 1.165) is 10.8 Å². The predicted molar refractivity (Wildman–Crippen MR) is 71.3 cm³/mol. The van der Waals surface area contributed by atoms with E-state index >= 15 is 0 Å². The van der Waals surface area contributed by atoms with E-state index in [2.05, 4.69) is 0 Å². The molecule has 0 unspecified atom stereocenters. The minimum atomic E-state index is -0.367. The molecule has 17 heavy (non-hydrogen) atoms. The van der Waals surface area contributed by atoms with Crippen molar-refractivity contribution in [2.45, 2.75) is 0 Å². The Kier molecular flexibility index (Phi) is 3.54. The molecule has 0 saturated carbocycles. The maximum absolute atomic E-state index is 11.7. The van der Waals surface area contributed by atoms with Crippen LogP contribution in [0.1, 0.15) is 0 Å². The number of hydrogen-bond acceptors (Lipinski definition) is 3. The van der Waals surface area contributed by atoms with E-state index in [-0.39, 0.29) is 6.09 Å². The zero-order valence-electron chi connectivity index (χ0n) is 9.71. The van der Waals surface area contributed by atoms with Crippen LogP contribution in [0.3, 0.4) is 0 Å². The summed E-state index contributed by atoms with van der Waals surface area (Å²) in [5, 5.41) is 2.00. The lowest BCUT2D eigenvalue weighted by Gasteiger charge is -2.14. The van der Waals surface area contributed by atoms with Gasteiger partial charge < -0.3 is 4.74 Å². The molecule has 1 amide bonds. The first-order valence-electron chi connectivity index (χ1n) is 5.20. The van der Waals surface area contributed by atoms with Crippen LogP contribution < -0.4 is 4.74 Å². The average Bonchev–Trinajstić information content (AvgIpc) is 2.38. The van der Waals surface area contributed by atoms with E-state index in [4.69, 9.17) is 4.74 Å². The van der Waals surface area contributed by atoms with Crippen molar-refractivity contribution in [1.82, 2.24) is 4.31 Å². The second-order valence-corrected chi connectivity index (χ2v) is 4.44. The van der Waals surface area contributed by atoms with Crippen molar-refractivity contribution in [1.29, 1.82) is 0 Å². The number of hydrogen-bond donors (Lipinski definition) is 0. The van der Waals surface area contributed by atoms with Gasteiger partial charge in [-0.3, -0.25) is 4.31 Å². The molecule has 3 nitrogen and oxygen atoms in total. The monoisotopic (exact) mass is 247 g/mol. The van der Waals surface area contributed by atoms with E-state index in [0.29, 0.717) is 5.75 Å². The smallest absolute Gasteiger partial charge is 0.409 e. The highest BCUT2D eigenvalue weighted by atomic mass is 32.2. The molecule has 2 aromatic carbocycles. The number of rotatable bonds is 2. The van der Waals surface area contributed by atoms with Gasteiger partial charge in [-0.2, -0.15) is 0 Å². The van der Waals surface area contributed by atoms with Crippen molar-refractivity contribution in [2.24, 2.45) is 0 Å². The maximum Gasteiger partial charge on any atom is 0.425 e. The van der Waals surface area contributed by atoms with Gasteiger partial charge >= 0.3 is 6.09 Å². The van der Waals surface area contributed by atoms with Gasteiger partial charge in [0.1, 0.15) is 5.75 Å². The molecule has 0 heterocycles. The second kappa shape index (κ2) is 5.10. The molecule has 0 spiro atoms. The van der Waals surface area contributed by atoms with Crippen LogP contribution in [0, 0.1) is 0 Å². The summed E-state index contributed by atoms with van der Waals surface area (Å²) in [4.78, 5) is 11.7. The Bertz CT molecular complexity index is 536. The van der Waals surface area contributed by atoms with E-state index in [1.807, 2.05) is 42.7 Å². The van der Waals surface area contributed by atoms with Crippen molar-refractivity contribution < 1.29 is 9.53 Å². The molecular weight excluding hydrogens is 234 g/mol. The Morgan fingerprint density at radius 3 is 2.65 bits per heavy atom. The van der Waals surface area contributed by atoms with Gasteiger partial charge in [0.15, 0.2) is 0 Å². The number of carbonyl (C=O) groups excluding carboxylic acids is 1. The van der Waals surface area contributed by atoms with Gasteiger partial charge in [0.05, 0.1) is 0 Å². The lowest BCUT2D eigenvalue weighted by Crippen LogP contribution is -2.23. The van der Waals surface area contributed by atoms with Crippen molar-refractivity contribution in [3.63, 3.8) is 0 Å². The van der Waals surface area contributed by atoms with Crippen molar-refractivity contribution in [3.8, 4) is 5.75 Å². The molecule has 2 aromatic rings. The first-order chi connectivity index (χ1) is 8.22. The molecular formula is C13H13NO2S. The molecule has 0 bridgehead atoms. The molecule has 0 saturated heterocycles. The highest BCUT2D eigenvalue weighted by molar-refractivity contribution is 7.96. The van der Waals surface area contributed by atoms with Crippen LogP contribution in [0.2, 0.25) is 0 Å². The molecule has 0 aliphatic rings. The molecule has 0 radical (unpaired) electrons. The van der Waals surface area contributed by atoms with E-state index < -0.39 is 0 Å². The number of ether oxygens (including phenoxy) is 1. The molecule has 0 aliphatic carbocycles. The first kappa shape index (κ1) is 11.8. The summed E-state index contributed by atoms with van der Waals surface area (Å²) < 4.78 is 6.79. The zero-order chi connectivity index (χ0) is 12.3. The summed E-state index contributed by atoms with van der Waals surface area (Å²) in [5.41, 5.74) is 0. The zero-order valence-corrected chi connectivity index (χ0v) is 10.5. The molecule has 0 aromatic heterocycles. The van der Waals surface area contributed by atoms with Crippen LogP contribution in [0.5, 0.6) is 5.75 Å². The Balaban J connectivity index is 2.33. The van der Waals surface area contributed by atoms with Gasteiger partial charge in [0.25, 0.3) is 0 Å². The summed E-state index contributed by atoms with van der Waals surface area (Å²) >= 11 is 1.32. The van der Waals surface area contributed by atoms with Crippen LogP contribution in [0.4, 0.5) is 4.79 Å². The molecule has 2 rings (SSSR count). The third kappa shape index (κ3) is 2.53. The Labute approximate surface area is 105 Å². The van der Waals surface area contributed by atoms with Crippen LogP contribution in [-0.4, -0.2) is 23.7 Å². The van der Waals surface area contributed by atoms with Crippen LogP contribution in [0.25, 0.3) is 10.8 Å². The highest BCUT2D eigenvalue weighted by Crippen LogP contribution is 2.25. The molecule has 0 atom stereocenters. The number of nitrogens with zero attached hydrogens (tertiary/aromatic N) is 1. The van der Waals surface area contributed by atoms with Crippen molar-refractivity contribution >= 4 is 28.8 Å². The standard InChI is InChI=1S/C13H13NO2S/c1-14(17-2)13(15)16-12-9-5-7-10-6-3-4-8-11(10)12/h3-9H,1-2H3. The van der Waals surface area contributed by atoms with Gasteiger partial charge in [-0.25, -0.2) is 4.79 Å². The molecule has 4 heteroatoms. The number of carbonyl (C=O) groups is 1. The maximum atomic E-state index is 11.7. The lowest BCUT2D eigenvalue weighted by molar-refractivity contribution is 0.188. The normalized spacial score (nSPS) is 10.2. The molecule has 0 N–H and O–H groups in total. The summed E-state index contributed by atoms with van der Waals surface area (Å²) in [6.07, 6.45) is 1.46. The van der Waals surface area contributed by atoms with Gasteiger partial charge in [-0.1, -0.05) is 36.4 Å². The Hall–Kier alpha value is -1.68. The minimum Gasteiger partial charge on any atom is -0.409 e. The fraction of sp³-hybridized carbons (Fsp3) is 0.154. The van der Waals surface area contributed by atoms with Gasteiger partial charge in [0.2, 0.25) is 0 Å². The van der Waals surface area contributed by atoms with Crippen LogP contribution in [0.15, 0.2) is 42.5 Å². The van der Waals surface area contributed by atoms with Gasteiger partial charge in [-0.05, 0) is 23.4 Å². The van der Waals surface area contributed by atoms with Gasteiger partial charge in [0, 0.05) is 18.7 Å². The number of fused-ring (bicyclic) bond motifs is 1. The predicted octanol–water partition coefficient (Wildman–Crippen LogP) is 3.55. The summed E-state index contributed by atoms with van der Waals surface area (Å²) in [7, 11) is 1.68. The number of benzene rings is 2. The highest BCUT2D eigenvalue weighted by Gasteiger charge is 2.11. The third-order valence-electron chi connectivity index (χ3n) is 2.48. The average molecular weight is 247 g/mol. The topological polar surface area (TPSA) is 29.5 Å². The first-order valence-corrected chi connectivity index (χ1v) is 6.38. The van der Waals surface area contributed by atoms with E-state index in [9.17, 15) is 4.79 Å². The third-order valence-corrected chi connectivity index (χ3v) is 3.17. The lowest BCUT2D eigenvalue weighted by atomic mass is 10.1. The largest absolute Gasteiger partial charge is 0.425 e. The van der Waals surface area contributed by atoms with Crippen molar-refractivity contribution in [2.75, 3.05) is 13.3 Å². The van der Waals surface area contributed by atoms with Gasteiger partial charge in [-0.15, -0.1) is 0 Å². The van der Waals surface area contributed by atoms with E-state index in [1.54, 1.807) is 13.1 Å². The summed E-state index contributed by atoms with van der Waals surface area (Å²) in [6, 6.07) is 13.5. The minimum absolute atomic E-state index is 0.367. The van der Waals surface area contributed by atoms with E-state index in [1.165, 1.54) is 16.3 Å². The SMILES string of the molecule is CSN(C)C(=O)Oc1cccc2ccccc12. The Morgan fingerprint density at radius 2 is 1.88 bits per heavy atom. The van der Waals surface area contributed by atoms with Crippen LogP contribution in [-0.2, 0) is 0 Å². The Morgan fingerprint density at radius 1 is 1.18 bits per heavy atom. The summed E-state index contributed by atoms with van der Waals surface area (Å²) in [6.45, 7) is 0. The molecule has 0 aliphatic heterocycles. The fourth-order valence-corrected chi connectivity index (χ4v) is 1.70. The van der Waals surface area contributed by atoms with Crippen molar-refractivity contribution in [3.05, 3.63) is 42.5 Å². The molecule has 88 valence electrons. The fourth-order valence-electron chi connectivity index (χ4n) is 1.52. The number of amides is 1.